The van der Waals surface area contributed by atoms with Crippen LogP contribution >= 0.6 is 0 Å². The molecule has 0 spiro atoms. The molecule has 0 bridgehead atoms. The van der Waals surface area contributed by atoms with E-state index in [9.17, 15) is 0 Å². The van der Waals surface area contributed by atoms with Crippen LogP contribution in [0, 0.1) is 11.3 Å². The summed E-state index contributed by atoms with van der Waals surface area (Å²) in [5.74, 6) is 0.794. The van der Waals surface area contributed by atoms with E-state index >= 15 is 0 Å². The molecule has 0 unspecified atom stereocenters. The van der Waals surface area contributed by atoms with Gasteiger partial charge in [0.2, 0.25) is 0 Å². The molecular formula is C27H47NO2Si. The fourth-order valence-corrected chi connectivity index (χ4v) is 5.28. The fourth-order valence-electron chi connectivity index (χ4n) is 3.88. The van der Waals surface area contributed by atoms with Gasteiger partial charge in [0.15, 0.2) is 0 Å². The van der Waals surface area contributed by atoms with Gasteiger partial charge in [-0.15, -0.1) is 0 Å². The van der Waals surface area contributed by atoms with E-state index in [-0.39, 0.29) is 0 Å². The lowest BCUT2D eigenvalue weighted by atomic mass is 10.0. The Morgan fingerprint density at radius 1 is 0.677 bits per heavy atom. The summed E-state index contributed by atoms with van der Waals surface area (Å²) in [4.78, 5) is 0. The second-order valence-electron chi connectivity index (χ2n) is 9.29. The van der Waals surface area contributed by atoms with Crippen LogP contribution in [0.25, 0.3) is 0 Å². The minimum absolute atomic E-state index is 0.654. The zero-order valence-electron chi connectivity index (χ0n) is 20.6. The molecule has 31 heavy (non-hydrogen) atoms. The summed E-state index contributed by atoms with van der Waals surface area (Å²) in [6.45, 7) is 7.23. The molecule has 0 aliphatic carbocycles. The molecule has 1 aromatic carbocycles. The third-order valence-corrected chi connectivity index (χ3v) is 7.42. The van der Waals surface area contributed by atoms with E-state index in [0.717, 1.165) is 18.8 Å². The zero-order chi connectivity index (χ0) is 22.6. The Balaban J connectivity index is 1.88. The van der Waals surface area contributed by atoms with Gasteiger partial charge in [-0.1, -0.05) is 103 Å². The van der Waals surface area contributed by atoms with E-state index in [1.807, 2.05) is 12.1 Å². The smallest absolute Gasteiger partial charge is 0.392 e. The Labute approximate surface area is 193 Å². The Kier molecular flexibility index (Phi) is 16.3. The van der Waals surface area contributed by atoms with Gasteiger partial charge in [0.05, 0.1) is 11.6 Å². The summed E-state index contributed by atoms with van der Waals surface area (Å²) in [6, 6.07) is 9.41. The van der Waals surface area contributed by atoms with Gasteiger partial charge in [0, 0.05) is 6.61 Å². The third kappa shape index (κ3) is 16.0. The molecule has 4 heteroatoms. The van der Waals surface area contributed by atoms with Gasteiger partial charge in [-0.25, -0.2) is 0 Å². The zero-order valence-corrected chi connectivity index (χ0v) is 21.6. The summed E-state index contributed by atoms with van der Waals surface area (Å²) in [5.41, 5.74) is 0.654. The molecule has 176 valence electrons. The average molecular weight is 446 g/mol. The monoisotopic (exact) mass is 445 g/mol. The molecule has 0 N–H and O–H groups in total. The lowest BCUT2D eigenvalue weighted by Crippen LogP contribution is -2.38. The van der Waals surface area contributed by atoms with Crippen LogP contribution in [-0.4, -0.2) is 15.2 Å². The Morgan fingerprint density at radius 2 is 1.10 bits per heavy atom. The van der Waals surface area contributed by atoms with E-state index in [4.69, 9.17) is 14.1 Å². The molecule has 0 heterocycles. The highest BCUT2D eigenvalue weighted by Crippen LogP contribution is 2.18. The lowest BCUT2D eigenvalue weighted by Gasteiger charge is -2.23. The van der Waals surface area contributed by atoms with E-state index in [1.54, 1.807) is 12.1 Å². The van der Waals surface area contributed by atoms with Crippen LogP contribution in [0.3, 0.4) is 0 Å². The highest BCUT2D eigenvalue weighted by atomic mass is 28.4. The number of hydrogen-bond acceptors (Lipinski definition) is 3. The minimum Gasteiger partial charge on any atom is -0.520 e. The van der Waals surface area contributed by atoms with Gasteiger partial charge >= 0.3 is 8.56 Å². The molecule has 0 fully saturated rings. The molecule has 1 rings (SSSR count). The van der Waals surface area contributed by atoms with Crippen LogP contribution in [0.15, 0.2) is 24.3 Å². The fraction of sp³-hybridized carbons (Fsp3) is 0.741. The third-order valence-electron chi connectivity index (χ3n) is 5.79. The molecular weight excluding hydrogens is 398 g/mol. The summed E-state index contributed by atoms with van der Waals surface area (Å²) < 4.78 is 12.1. The topological polar surface area (TPSA) is 42.2 Å². The van der Waals surface area contributed by atoms with Crippen LogP contribution in [0.2, 0.25) is 13.1 Å². The molecule has 0 saturated heterocycles. The maximum atomic E-state index is 8.87. The molecule has 3 nitrogen and oxygen atoms in total. The normalized spacial score (nSPS) is 11.4. The predicted octanol–water partition coefficient (Wildman–Crippen LogP) is 8.92. The SMILES string of the molecule is CCCCCCCCCCCCCCCCCCO[Si](C)(C)Oc1ccc(C#N)cc1. The number of nitriles is 1. The summed E-state index contributed by atoms with van der Waals surface area (Å²) in [5, 5.41) is 8.87. The molecule has 0 aromatic heterocycles. The largest absolute Gasteiger partial charge is 0.520 e. The van der Waals surface area contributed by atoms with Crippen LogP contribution in [-0.2, 0) is 4.43 Å². The summed E-state index contributed by atoms with van der Waals surface area (Å²) in [7, 11) is -2.16. The standard InChI is InChI=1S/C27H47NO2Si/c1-4-5-6-7-8-9-10-11-12-13-14-15-16-17-18-19-24-29-31(2,3)30-27-22-20-26(25-28)21-23-27/h20-23H,4-19,24H2,1-3H3. The van der Waals surface area contributed by atoms with Gasteiger partial charge in [-0.3, -0.25) is 0 Å². The van der Waals surface area contributed by atoms with Gasteiger partial charge in [-0.2, -0.15) is 5.26 Å². The van der Waals surface area contributed by atoms with Crippen molar-refractivity contribution < 1.29 is 8.85 Å². The van der Waals surface area contributed by atoms with E-state index in [2.05, 4.69) is 26.1 Å². The summed E-state index contributed by atoms with van der Waals surface area (Å²) >= 11 is 0. The molecule has 0 radical (unpaired) electrons. The molecule has 0 amide bonds. The first-order valence-corrected chi connectivity index (χ1v) is 15.7. The second kappa shape index (κ2) is 18.3. The van der Waals surface area contributed by atoms with Gasteiger partial charge in [0.25, 0.3) is 0 Å². The Hall–Kier alpha value is -1.31. The van der Waals surface area contributed by atoms with Gasteiger partial charge in [0.1, 0.15) is 5.75 Å². The minimum atomic E-state index is -2.16. The number of unbranched alkanes of at least 4 members (excludes halogenated alkanes) is 15. The first kappa shape index (κ1) is 27.7. The maximum absolute atomic E-state index is 8.87. The van der Waals surface area contributed by atoms with E-state index in [1.165, 1.54) is 96.3 Å². The van der Waals surface area contributed by atoms with Crippen molar-refractivity contribution in [2.45, 2.75) is 123 Å². The first-order valence-electron chi connectivity index (χ1n) is 12.9. The van der Waals surface area contributed by atoms with Crippen molar-refractivity contribution in [3.05, 3.63) is 29.8 Å². The van der Waals surface area contributed by atoms with Crippen molar-refractivity contribution in [3.8, 4) is 11.8 Å². The number of benzene rings is 1. The van der Waals surface area contributed by atoms with Gasteiger partial charge in [-0.05, 0) is 43.8 Å². The first-order chi connectivity index (χ1) is 15.1. The van der Waals surface area contributed by atoms with Crippen molar-refractivity contribution in [1.29, 1.82) is 5.26 Å². The number of hydrogen-bond donors (Lipinski definition) is 0. The molecule has 0 aliphatic rings. The molecule has 0 atom stereocenters. The van der Waals surface area contributed by atoms with E-state index < -0.39 is 8.56 Å². The van der Waals surface area contributed by atoms with Crippen molar-refractivity contribution >= 4 is 8.56 Å². The van der Waals surface area contributed by atoms with Crippen molar-refractivity contribution in [2.75, 3.05) is 6.61 Å². The maximum Gasteiger partial charge on any atom is 0.392 e. The Morgan fingerprint density at radius 3 is 1.52 bits per heavy atom. The van der Waals surface area contributed by atoms with E-state index in [0.29, 0.717) is 5.56 Å². The molecule has 1 aromatic rings. The van der Waals surface area contributed by atoms with Crippen molar-refractivity contribution in [2.24, 2.45) is 0 Å². The molecule has 0 saturated carbocycles. The van der Waals surface area contributed by atoms with Crippen LogP contribution in [0.1, 0.15) is 115 Å². The van der Waals surface area contributed by atoms with Crippen molar-refractivity contribution in [1.82, 2.24) is 0 Å². The van der Waals surface area contributed by atoms with Crippen molar-refractivity contribution in [3.63, 3.8) is 0 Å². The summed E-state index contributed by atoms with van der Waals surface area (Å²) in [6.07, 6.45) is 22.1. The van der Waals surface area contributed by atoms with Gasteiger partial charge < -0.3 is 8.85 Å². The number of nitrogens with zero attached hydrogens (tertiary/aromatic N) is 1. The molecule has 0 aliphatic heterocycles. The van der Waals surface area contributed by atoms with Crippen LogP contribution in [0.4, 0.5) is 0 Å². The average Bonchev–Trinajstić information content (AvgIpc) is 2.76. The lowest BCUT2D eigenvalue weighted by molar-refractivity contribution is 0.240. The highest BCUT2D eigenvalue weighted by Gasteiger charge is 2.26. The number of rotatable bonds is 20. The highest BCUT2D eigenvalue weighted by molar-refractivity contribution is 6.65. The Bertz CT molecular complexity index is 580. The second-order valence-corrected chi connectivity index (χ2v) is 12.6. The van der Waals surface area contributed by atoms with Crippen LogP contribution in [0.5, 0.6) is 5.75 Å². The quantitative estimate of drug-likeness (QED) is 0.149. The predicted molar refractivity (Wildman–Crippen MR) is 135 cm³/mol. The van der Waals surface area contributed by atoms with Crippen LogP contribution < -0.4 is 4.43 Å².